The Hall–Kier alpha value is -2.17. The van der Waals surface area contributed by atoms with Gasteiger partial charge >= 0.3 is 0 Å². The second-order valence-electron chi connectivity index (χ2n) is 4.13. The van der Waals surface area contributed by atoms with Crippen molar-refractivity contribution in [2.24, 2.45) is 9.98 Å². The van der Waals surface area contributed by atoms with Gasteiger partial charge in [0, 0.05) is 18.3 Å². The van der Waals surface area contributed by atoms with E-state index in [1.165, 1.54) is 0 Å². The fourth-order valence-corrected chi connectivity index (χ4v) is 1.75. The van der Waals surface area contributed by atoms with Crippen LogP contribution in [0, 0.1) is 0 Å². The molecule has 0 aromatic heterocycles. The van der Waals surface area contributed by atoms with Crippen molar-refractivity contribution < 1.29 is 9.53 Å². The molecule has 1 aromatic carbocycles. The van der Waals surface area contributed by atoms with E-state index in [2.05, 4.69) is 15.3 Å². The molecule has 1 aromatic rings. The Bertz CT molecular complexity index is 468. The zero-order valence-electron chi connectivity index (χ0n) is 10.9. The molecule has 2 rings (SSSR count). The molecule has 0 radical (unpaired) electrons. The van der Waals surface area contributed by atoms with Crippen LogP contribution >= 0.6 is 0 Å². The number of ether oxygens (including phenoxy) is 1. The first-order chi connectivity index (χ1) is 9.29. The number of carbonyl (C=O) groups is 1. The topological polar surface area (TPSA) is 63.0 Å². The van der Waals surface area contributed by atoms with Crippen molar-refractivity contribution in [3.8, 4) is 5.75 Å². The highest BCUT2D eigenvalue weighted by molar-refractivity contribution is 5.94. The van der Waals surface area contributed by atoms with Gasteiger partial charge in [0.2, 0.25) is 0 Å². The maximum atomic E-state index is 11.9. The van der Waals surface area contributed by atoms with Crippen molar-refractivity contribution in [3.05, 3.63) is 29.8 Å². The van der Waals surface area contributed by atoms with E-state index in [4.69, 9.17) is 4.74 Å². The average Bonchev–Trinajstić information content (AvgIpc) is 2.93. The predicted molar refractivity (Wildman–Crippen MR) is 75.3 cm³/mol. The molecule has 0 unspecified atom stereocenters. The fraction of sp³-hybridized carbons (Fsp3) is 0.357. The van der Waals surface area contributed by atoms with Crippen LogP contribution in [0.1, 0.15) is 23.7 Å². The summed E-state index contributed by atoms with van der Waals surface area (Å²) >= 11 is 0. The first-order valence-electron chi connectivity index (χ1n) is 6.35. The van der Waals surface area contributed by atoms with Gasteiger partial charge in [-0.3, -0.25) is 9.79 Å². The van der Waals surface area contributed by atoms with E-state index in [0.29, 0.717) is 18.7 Å². The summed E-state index contributed by atoms with van der Waals surface area (Å²) in [5.41, 5.74) is 0.632. The molecule has 0 fully saturated rings. The molecule has 1 amide bonds. The molecule has 0 bridgehead atoms. The van der Waals surface area contributed by atoms with Gasteiger partial charge in [0.15, 0.2) is 0 Å². The van der Waals surface area contributed by atoms with Crippen LogP contribution in [-0.4, -0.2) is 37.7 Å². The van der Waals surface area contributed by atoms with Crippen LogP contribution in [0.3, 0.4) is 0 Å². The molecule has 0 spiro atoms. The summed E-state index contributed by atoms with van der Waals surface area (Å²) in [6.45, 7) is 3.13. The lowest BCUT2D eigenvalue weighted by Gasteiger charge is -2.07. The molecule has 5 heteroatoms. The molecule has 1 heterocycles. The summed E-state index contributed by atoms with van der Waals surface area (Å²) in [6.07, 6.45) is 4.09. The molecular weight excluding hydrogens is 242 g/mol. The summed E-state index contributed by atoms with van der Waals surface area (Å²) in [4.78, 5) is 19.9. The van der Waals surface area contributed by atoms with Crippen molar-refractivity contribution in [3.63, 3.8) is 0 Å². The molecule has 100 valence electrons. The minimum Gasteiger partial charge on any atom is -0.494 e. The molecule has 5 nitrogen and oxygen atoms in total. The number of nitrogens with one attached hydrogen (secondary N) is 1. The standard InChI is InChI=1S/C14H17N3O2/c1-2-19-13-5-3-11(4-6-13)14(18)16-8-7-12-9-15-10-17-12/h3-6,9-10,12H,2,7-8H2,1H3,(H,16,18)/t12-/m0/s1. The minimum atomic E-state index is -0.0815. The van der Waals surface area contributed by atoms with Crippen molar-refractivity contribution in [1.29, 1.82) is 0 Å². The van der Waals surface area contributed by atoms with Crippen LogP contribution in [-0.2, 0) is 0 Å². The Balaban J connectivity index is 1.78. The lowest BCUT2D eigenvalue weighted by Crippen LogP contribution is -2.26. The first-order valence-corrected chi connectivity index (χ1v) is 6.35. The second kappa shape index (κ2) is 6.68. The summed E-state index contributed by atoms with van der Waals surface area (Å²) < 4.78 is 5.33. The lowest BCUT2D eigenvalue weighted by molar-refractivity contribution is 0.0953. The summed E-state index contributed by atoms with van der Waals surface area (Å²) in [5, 5.41) is 2.86. The van der Waals surface area contributed by atoms with E-state index in [-0.39, 0.29) is 11.9 Å². The van der Waals surface area contributed by atoms with Crippen molar-refractivity contribution >= 4 is 18.5 Å². The maximum absolute atomic E-state index is 11.9. The van der Waals surface area contributed by atoms with E-state index >= 15 is 0 Å². The van der Waals surface area contributed by atoms with Gasteiger partial charge in [-0.25, -0.2) is 4.99 Å². The zero-order valence-corrected chi connectivity index (χ0v) is 10.9. The van der Waals surface area contributed by atoms with Gasteiger partial charge in [-0.15, -0.1) is 0 Å². The summed E-state index contributed by atoms with van der Waals surface area (Å²) in [6, 6.07) is 7.21. The van der Waals surface area contributed by atoms with Gasteiger partial charge < -0.3 is 10.1 Å². The smallest absolute Gasteiger partial charge is 0.251 e. The fourth-order valence-electron chi connectivity index (χ4n) is 1.75. The van der Waals surface area contributed by atoms with E-state index < -0.39 is 0 Å². The van der Waals surface area contributed by atoms with Crippen LogP contribution in [0.5, 0.6) is 5.75 Å². The van der Waals surface area contributed by atoms with Crippen LogP contribution in [0.2, 0.25) is 0 Å². The van der Waals surface area contributed by atoms with Crippen LogP contribution in [0.4, 0.5) is 0 Å². The van der Waals surface area contributed by atoms with Gasteiger partial charge in [-0.1, -0.05) is 0 Å². The van der Waals surface area contributed by atoms with Crippen molar-refractivity contribution in [2.75, 3.05) is 13.2 Å². The summed E-state index contributed by atoms with van der Waals surface area (Å²) in [5.74, 6) is 0.692. The zero-order chi connectivity index (χ0) is 13.5. The number of benzene rings is 1. The Morgan fingerprint density at radius 3 is 2.79 bits per heavy atom. The highest BCUT2D eigenvalue weighted by Gasteiger charge is 2.08. The lowest BCUT2D eigenvalue weighted by atomic mass is 10.2. The summed E-state index contributed by atoms with van der Waals surface area (Å²) in [7, 11) is 0. The molecule has 0 saturated carbocycles. The third-order valence-corrected chi connectivity index (χ3v) is 2.74. The second-order valence-corrected chi connectivity index (χ2v) is 4.13. The number of aliphatic imine (C=N–C) groups is 2. The predicted octanol–water partition coefficient (Wildman–Crippen LogP) is 1.69. The van der Waals surface area contributed by atoms with E-state index in [0.717, 1.165) is 12.2 Å². The molecular formula is C14H17N3O2. The largest absolute Gasteiger partial charge is 0.494 e. The van der Waals surface area contributed by atoms with E-state index in [1.807, 2.05) is 6.92 Å². The first kappa shape index (κ1) is 13.3. The molecule has 19 heavy (non-hydrogen) atoms. The Kier molecular flexibility index (Phi) is 4.66. The number of amides is 1. The highest BCUT2D eigenvalue weighted by Crippen LogP contribution is 2.12. The van der Waals surface area contributed by atoms with Gasteiger partial charge in [0.25, 0.3) is 5.91 Å². The number of nitrogens with zero attached hydrogens (tertiary/aromatic N) is 2. The normalized spacial score (nSPS) is 16.6. The van der Waals surface area contributed by atoms with Gasteiger partial charge in [-0.05, 0) is 37.6 Å². The molecule has 1 N–H and O–H groups in total. The molecule has 1 atom stereocenters. The molecule has 0 aliphatic carbocycles. The average molecular weight is 259 g/mol. The third kappa shape index (κ3) is 3.91. The molecule has 0 saturated heterocycles. The number of carbonyl (C=O) groups excluding carboxylic acids is 1. The number of hydrogen-bond acceptors (Lipinski definition) is 4. The van der Waals surface area contributed by atoms with Gasteiger partial charge in [0.1, 0.15) is 12.1 Å². The highest BCUT2D eigenvalue weighted by atomic mass is 16.5. The third-order valence-electron chi connectivity index (χ3n) is 2.74. The van der Waals surface area contributed by atoms with E-state index in [9.17, 15) is 4.79 Å². The minimum absolute atomic E-state index is 0.0815. The monoisotopic (exact) mass is 259 g/mol. The Morgan fingerprint density at radius 2 is 2.16 bits per heavy atom. The van der Waals surface area contributed by atoms with Crippen molar-refractivity contribution in [1.82, 2.24) is 5.32 Å². The molecule has 1 aliphatic heterocycles. The SMILES string of the molecule is CCOc1ccc(C(=O)NCC[C@H]2C=NC=N2)cc1. The Labute approximate surface area is 112 Å². The number of hydrogen-bond donors (Lipinski definition) is 1. The quantitative estimate of drug-likeness (QED) is 0.845. The van der Waals surface area contributed by atoms with Crippen LogP contribution in [0.15, 0.2) is 34.3 Å². The molecule has 1 aliphatic rings. The van der Waals surface area contributed by atoms with Crippen molar-refractivity contribution in [2.45, 2.75) is 19.4 Å². The van der Waals surface area contributed by atoms with Crippen LogP contribution in [0.25, 0.3) is 0 Å². The maximum Gasteiger partial charge on any atom is 0.251 e. The van der Waals surface area contributed by atoms with Gasteiger partial charge in [0.05, 0.1) is 12.6 Å². The number of rotatable bonds is 6. The van der Waals surface area contributed by atoms with Gasteiger partial charge in [-0.2, -0.15) is 0 Å². The van der Waals surface area contributed by atoms with E-state index in [1.54, 1.807) is 36.8 Å². The van der Waals surface area contributed by atoms with Crippen LogP contribution < -0.4 is 10.1 Å². The Morgan fingerprint density at radius 1 is 1.37 bits per heavy atom.